The van der Waals surface area contributed by atoms with Gasteiger partial charge in [0.2, 0.25) is 0 Å². The predicted molar refractivity (Wildman–Crippen MR) is 70.7 cm³/mol. The van der Waals surface area contributed by atoms with Crippen molar-refractivity contribution in [2.45, 2.75) is 39.7 Å². The minimum absolute atomic E-state index is 0.635. The molecule has 0 aromatic heterocycles. The van der Waals surface area contributed by atoms with Gasteiger partial charge in [0.05, 0.1) is 0 Å². The Balaban J connectivity index is 3.15. The molecule has 0 spiro atoms. The second-order valence-corrected chi connectivity index (χ2v) is 5.56. The largest absolute Gasteiger partial charge is 0.385 e. The summed E-state index contributed by atoms with van der Waals surface area (Å²) in [5.41, 5.74) is 0. The summed E-state index contributed by atoms with van der Waals surface area (Å²) in [6, 6.07) is 0.635. The highest BCUT2D eigenvalue weighted by Gasteiger charge is 2.01. The lowest BCUT2D eigenvalue weighted by atomic mass is 10.3. The Kier molecular flexibility index (Phi) is 11.0. The SMILES string of the molecule is COCCCCNC(C)CSCC(C)C. The van der Waals surface area contributed by atoms with Gasteiger partial charge in [-0.05, 0) is 38.0 Å². The van der Waals surface area contributed by atoms with E-state index in [0.29, 0.717) is 6.04 Å². The average molecular weight is 233 g/mol. The van der Waals surface area contributed by atoms with Crippen LogP contribution in [0.3, 0.4) is 0 Å². The van der Waals surface area contributed by atoms with Gasteiger partial charge in [-0.25, -0.2) is 0 Å². The second kappa shape index (κ2) is 10.8. The van der Waals surface area contributed by atoms with E-state index in [1.165, 1.54) is 17.9 Å². The van der Waals surface area contributed by atoms with Crippen LogP contribution in [0.5, 0.6) is 0 Å². The molecule has 0 aromatic rings. The van der Waals surface area contributed by atoms with Gasteiger partial charge in [-0.1, -0.05) is 13.8 Å². The van der Waals surface area contributed by atoms with Gasteiger partial charge in [-0.2, -0.15) is 11.8 Å². The van der Waals surface area contributed by atoms with Gasteiger partial charge in [0.1, 0.15) is 0 Å². The van der Waals surface area contributed by atoms with Crippen molar-refractivity contribution >= 4 is 11.8 Å². The maximum atomic E-state index is 5.01. The van der Waals surface area contributed by atoms with Crippen molar-refractivity contribution in [2.75, 3.05) is 31.8 Å². The first kappa shape index (κ1) is 15.3. The molecule has 1 N–H and O–H groups in total. The molecule has 0 rings (SSSR count). The van der Waals surface area contributed by atoms with Crippen molar-refractivity contribution in [3.63, 3.8) is 0 Å². The molecule has 1 atom stereocenters. The molecular formula is C12H27NOS. The summed E-state index contributed by atoms with van der Waals surface area (Å²) >= 11 is 2.05. The van der Waals surface area contributed by atoms with Crippen LogP contribution >= 0.6 is 11.8 Å². The topological polar surface area (TPSA) is 21.3 Å². The monoisotopic (exact) mass is 233 g/mol. The standard InChI is InChI=1S/C12H27NOS/c1-11(2)9-15-10-12(3)13-7-5-6-8-14-4/h11-13H,5-10H2,1-4H3. The normalized spacial score (nSPS) is 13.4. The Hall–Kier alpha value is 0.270. The third kappa shape index (κ3) is 12.2. The van der Waals surface area contributed by atoms with Crippen molar-refractivity contribution in [3.8, 4) is 0 Å². The van der Waals surface area contributed by atoms with E-state index in [2.05, 4.69) is 37.8 Å². The quantitative estimate of drug-likeness (QED) is 0.586. The molecule has 0 aliphatic rings. The average Bonchev–Trinajstić information content (AvgIpc) is 2.17. The molecule has 92 valence electrons. The highest BCUT2D eigenvalue weighted by atomic mass is 32.2. The molecule has 0 saturated carbocycles. The van der Waals surface area contributed by atoms with Crippen LogP contribution in [0.25, 0.3) is 0 Å². The van der Waals surface area contributed by atoms with Crippen LogP contribution < -0.4 is 5.32 Å². The fourth-order valence-electron chi connectivity index (χ4n) is 1.26. The minimum atomic E-state index is 0.635. The van der Waals surface area contributed by atoms with Crippen LogP contribution in [0.4, 0.5) is 0 Å². The van der Waals surface area contributed by atoms with E-state index in [1.54, 1.807) is 7.11 Å². The first-order chi connectivity index (χ1) is 7.16. The molecule has 0 amide bonds. The molecule has 1 unspecified atom stereocenters. The highest BCUT2D eigenvalue weighted by molar-refractivity contribution is 7.99. The summed E-state index contributed by atoms with van der Waals surface area (Å²) in [4.78, 5) is 0. The number of rotatable bonds is 10. The van der Waals surface area contributed by atoms with Crippen LogP contribution in [0, 0.1) is 5.92 Å². The van der Waals surface area contributed by atoms with E-state index < -0.39 is 0 Å². The predicted octanol–water partition coefficient (Wildman–Crippen LogP) is 2.78. The van der Waals surface area contributed by atoms with Crippen LogP contribution in [-0.4, -0.2) is 37.8 Å². The summed E-state index contributed by atoms with van der Waals surface area (Å²) in [5.74, 6) is 3.31. The number of thioether (sulfide) groups is 1. The van der Waals surface area contributed by atoms with Gasteiger partial charge in [0.25, 0.3) is 0 Å². The number of unbranched alkanes of at least 4 members (excludes halogenated alkanes) is 1. The molecule has 0 aliphatic carbocycles. The molecule has 0 saturated heterocycles. The van der Waals surface area contributed by atoms with Gasteiger partial charge in [0, 0.05) is 25.5 Å². The van der Waals surface area contributed by atoms with E-state index in [4.69, 9.17) is 4.74 Å². The maximum Gasteiger partial charge on any atom is 0.0462 e. The molecule has 2 nitrogen and oxygen atoms in total. The van der Waals surface area contributed by atoms with Gasteiger partial charge in [-0.15, -0.1) is 0 Å². The van der Waals surface area contributed by atoms with E-state index in [9.17, 15) is 0 Å². The van der Waals surface area contributed by atoms with Crippen molar-refractivity contribution in [3.05, 3.63) is 0 Å². The van der Waals surface area contributed by atoms with E-state index >= 15 is 0 Å². The summed E-state index contributed by atoms with van der Waals surface area (Å²) in [6.45, 7) is 8.82. The van der Waals surface area contributed by atoms with Crippen LogP contribution in [-0.2, 0) is 4.74 Å². The third-order valence-electron chi connectivity index (χ3n) is 2.09. The van der Waals surface area contributed by atoms with Crippen LogP contribution in [0.15, 0.2) is 0 Å². The van der Waals surface area contributed by atoms with Gasteiger partial charge in [0.15, 0.2) is 0 Å². The molecule has 3 heteroatoms. The first-order valence-corrected chi connectivity index (χ1v) is 7.12. The molecule has 0 bridgehead atoms. The minimum Gasteiger partial charge on any atom is -0.385 e. The zero-order chi connectivity index (χ0) is 11.5. The van der Waals surface area contributed by atoms with Crippen molar-refractivity contribution < 1.29 is 4.74 Å². The smallest absolute Gasteiger partial charge is 0.0462 e. The first-order valence-electron chi connectivity index (χ1n) is 5.97. The number of hydrogen-bond acceptors (Lipinski definition) is 3. The van der Waals surface area contributed by atoms with Gasteiger partial charge >= 0.3 is 0 Å². The number of methoxy groups -OCH3 is 1. The summed E-state index contributed by atoms with van der Waals surface area (Å²) in [5, 5.41) is 3.54. The Morgan fingerprint density at radius 2 is 1.87 bits per heavy atom. The van der Waals surface area contributed by atoms with Crippen molar-refractivity contribution in [1.82, 2.24) is 5.32 Å². The van der Waals surface area contributed by atoms with Gasteiger partial charge < -0.3 is 10.1 Å². The molecule has 0 aliphatic heterocycles. The highest BCUT2D eigenvalue weighted by Crippen LogP contribution is 2.08. The maximum absolute atomic E-state index is 5.01. The van der Waals surface area contributed by atoms with Crippen molar-refractivity contribution in [1.29, 1.82) is 0 Å². The summed E-state index contributed by atoms with van der Waals surface area (Å²) < 4.78 is 5.01. The fourth-order valence-corrected chi connectivity index (χ4v) is 2.34. The Bertz CT molecular complexity index is 131. The Morgan fingerprint density at radius 3 is 2.47 bits per heavy atom. The molecule has 15 heavy (non-hydrogen) atoms. The Labute approximate surface area is 99.5 Å². The van der Waals surface area contributed by atoms with Crippen molar-refractivity contribution in [2.24, 2.45) is 5.92 Å². The van der Waals surface area contributed by atoms with Gasteiger partial charge in [-0.3, -0.25) is 0 Å². The molecule has 0 aromatic carbocycles. The van der Waals surface area contributed by atoms with E-state index in [1.807, 2.05) is 0 Å². The number of hydrogen-bond donors (Lipinski definition) is 1. The molecule has 0 fully saturated rings. The zero-order valence-electron chi connectivity index (χ0n) is 10.7. The van der Waals surface area contributed by atoms with E-state index in [-0.39, 0.29) is 0 Å². The van der Waals surface area contributed by atoms with Crippen LogP contribution in [0.1, 0.15) is 33.6 Å². The molecule has 0 radical (unpaired) electrons. The lowest BCUT2D eigenvalue weighted by Gasteiger charge is -2.14. The number of nitrogens with one attached hydrogen (secondary N) is 1. The van der Waals surface area contributed by atoms with E-state index in [0.717, 1.165) is 25.5 Å². The lowest BCUT2D eigenvalue weighted by molar-refractivity contribution is 0.192. The summed E-state index contributed by atoms with van der Waals surface area (Å²) in [6.07, 6.45) is 2.38. The Morgan fingerprint density at radius 1 is 1.13 bits per heavy atom. The second-order valence-electron chi connectivity index (χ2n) is 4.49. The zero-order valence-corrected chi connectivity index (χ0v) is 11.5. The third-order valence-corrected chi connectivity index (χ3v) is 3.73. The van der Waals surface area contributed by atoms with Crippen LogP contribution in [0.2, 0.25) is 0 Å². The number of ether oxygens (including phenoxy) is 1. The lowest BCUT2D eigenvalue weighted by Crippen LogP contribution is -2.29. The fraction of sp³-hybridized carbons (Fsp3) is 1.00. The molecular weight excluding hydrogens is 206 g/mol. The summed E-state index contributed by atoms with van der Waals surface area (Å²) in [7, 11) is 1.76. The molecule has 0 heterocycles.